The highest BCUT2D eigenvalue weighted by molar-refractivity contribution is 9.09. The molecule has 0 aliphatic carbocycles. The summed E-state index contributed by atoms with van der Waals surface area (Å²) in [4.78, 5) is 1.26. The van der Waals surface area contributed by atoms with Gasteiger partial charge in [0.15, 0.2) is 0 Å². The Morgan fingerprint density at radius 2 is 2.00 bits per heavy atom. The Bertz CT molecular complexity index is 233. The third-order valence-corrected chi connectivity index (χ3v) is 2.93. The van der Waals surface area contributed by atoms with Crippen LogP contribution in [0, 0.1) is 0 Å². The quantitative estimate of drug-likeness (QED) is 0.503. The molecule has 0 saturated heterocycles. The molecule has 3 heteroatoms. The molecule has 1 unspecified atom stereocenters. The second-order valence-electron chi connectivity index (χ2n) is 2.40. The van der Waals surface area contributed by atoms with Crippen molar-refractivity contribution in [1.82, 2.24) is 0 Å². The van der Waals surface area contributed by atoms with Gasteiger partial charge < -0.3 is 5.73 Å². The van der Waals surface area contributed by atoms with Crippen LogP contribution >= 0.6 is 27.7 Å². The number of hydrogen-bond acceptors (Lipinski definition) is 2. The smallest absolute Gasteiger partial charge is 0.0861 e. The molecular weight excluding hydrogens is 234 g/mol. The predicted molar refractivity (Wildman–Crippen MR) is 58.7 cm³/mol. The van der Waals surface area contributed by atoms with Crippen LogP contribution in [0.15, 0.2) is 29.2 Å². The van der Waals surface area contributed by atoms with Crippen molar-refractivity contribution in [2.45, 2.75) is 16.8 Å². The lowest BCUT2D eigenvalue weighted by atomic mass is 10.2. The standard InChI is InChI=1S/C9H12BrNS/c1-2-12-8-5-3-7(4-6-8)9(10)11/h3-6,9H,2,11H2,1H3. The van der Waals surface area contributed by atoms with Crippen LogP contribution in [-0.2, 0) is 0 Å². The van der Waals surface area contributed by atoms with Crippen LogP contribution in [0.25, 0.3) is 0 Å². The molecule has 1 rings (SSSR count). The van der Waals surface area contributed by atoms with E-state index in [1.54, 1.807) is 0 Å². The molecule has 1 aromatic carbocycles. The molecule has 0 aliphatic rings. The van der Waals surface area contributed by atoms with Crippen molar-refractivity contribution in [3.8, 4) is 0 Å². The van der Waals surface area contributed by atoms with Crippen molar-refractivity contribution in [2.24, 2.45) is 5.73 Å². The fourth-order valence-electron chi connectivity index (χ4n) is 0.915. The zero-order valence-electron chi connectivity index (χ0n) is 6.96. The van der Waals surface area contributed by atoms with E-state index in [9.17, 15) is 0 Å². The number of alkyl halides is 1. The molecule has 1 atom stereocenters. The van der Waals surface area contributed by atoms with Crippen molar-refractivity contribution < 1.29 is 0 Å². The van der Waals surface area contributed by atoms with Crippen LogP contribution < -0.4 is 5.73 Å². The van der Waals surface area contributed by atoms with E-state index >= 15 is 0 Å². The first-order valence-corrected chi connectivity index (χ1v) is 5.76. The maximum absolute atomic E-state index is 5.65. The number of benzene rings is 1. The van der Waals surface area contributed by atoms with Gasteiger partial charge in [-0.05, 0) is 23.4 Å². The Labute approximate surface area is 85.9 Å². The Morgan fingerprint density at radius 1 is 1.42 bits per heavy atom. The molecule has 0 saturated carbocycles. The van der Waals surface area contributed by atoms with Crippen LogP contribution in [0.5, 0.6) is 0 Å². The summed E-state index contributed by atoms with van der Waals surface area (Å²) in [6, 6.07) is 8.31. The van der Waals surface area contributed by atoms with Crippen LogP contribution in [0.4, 0.5) is 0 Å². The van der Waals surface area contributed by atoms with Crippen molar-refractivity contribution in [2.75, 3.05) is 5.75 Å². The summed E-state index contributed by atoms with van der Waals surface area (Å²) >= 11 is 5.16. The number of rotatable bonds is 3. The normalized spacial score (nSPS) is 12.9. The van der Waals surface area contributed by atoms with Gasteiger partial charge in [0.25, 0.3) is 0 Å². The molecule has 0 aromatic heterocycles. The van der Waals surface area contributed by atoms with E-state index in [0.29, 0.717) is 0 Å². The minimum Gasteiger partial charge on any atom is -0.315 e. The van der Waals surface area contributed by atoms with Gasteiger partial charge in [0, 0.05) is 4.90 Å². The molecule has 12 heavy (non-hydrogen) atoms. The second kappa shape index (κ2) is 4.90. The first-order valence-electron chi connectivity index (χ1n) is 3.86. The average Bonchev–Trinajstić information content (AvgIpc) is 2.06. The largest absolute Gasteiger partial charge is 0.315 e. The van der Waals surface area contributed by atoms with Gasteiger partial charge in [-0.2, -0.15) is 0 Å². The molecule has 0 heterocycles. The SMILES string of the molecule is CCSc1ccc(C(N)Br)cc1. The lowest BCUT2D eigenvalue weighted by Crippen LogP contribution is -2.00. The summed E-state index contributed by atoms with van der Waals surface area (Å²) in [7, 11) is 0. The summed E-state index contributed by atoms with van der Waals surface area (Å²) in [5.74, 6) is 1.11. The Hall–Kier alpha value is 0.01000. The molecule has 0 bridgehead atoms. The molecule has 66 valence electrons. The number of nitrogens with two attached hydrogens (primary N) is 1. The summed E-state index contributed by atoms with van der Waals surface area (Å²) in [6.07, 6.45) is 0. The molecule has 0 aliphatic heterocycles. The first-order chi connectivity index (χ1) is 5.74. The number of hydrogen-bond donors (Lipinski definition) is 1. The first kappa shape index (κ1) is 10.1. The summed E-state index contributed by atoms with van der Waals surface area (Å²) < 4.78 is 0. The summed E-state index contributed by atoms with van der Waals surface area (Å²) in [5, 5.41) is 0. The Balaban J connectivity index is 2.71. The summed E-state index contributed by atoms with van der Waals surface area (Å²) in [5.41, 5.74) is 6.77. The third kappa shape index (κ3) is 2.81. The van der Waals surface area contributed by atoms with Gasteiger partial charge >= 0.3 is 0 Å². The van der Waals surface area contributed by atoms with E-state index in [4.69, 9.17) is 5.73 Å². The van der Waals surface area contributed by atoms with Crippen molar-refractivity contribution in [3.63, 3.8) is 0 Å². The van der Waals surface area contributed by atoms with E-state index in [-0.39, 0.29) is 4.95 Å². The summed E-state index contributed by atoms with van der Waals surface area (Å²) in [6.45, 7) is 2.15. The Kier molecular flexibility index (Phi) is 4.12. The molecule has 0 amide bonds. The van der Waals surface area contributed by atoms with Gasteiger partial charge in [-0.1, -0.05) is 35.0 Å². The van der Waals surface area contributed by atoms with Crippen LogP contribution in [-0.4, -0.2) is 5.75 Å². The highest BCUT2D eigenvalue weighted by atomic mass is 79.9. The average molecular weight is 246 g/mol. The zero-order chi connectivity index (χ0) is 8.97. The van der Waals surface area contributed by atoms with Gasteiger partial charge in [0.1, 0.15) is 0 Å². The molecule has 1 aromatic rings. The topological polar surface area (TPSA) is 26.0 Å². The van der Waals surface area contributed by atoms with Gasteiger partial charge in [0.05, 0.1) is 4.95 Å². The van der Waals surface area contributed by atoms with Crippen LogP contribution in [0.1, 0.15) is 17.4 Å². The monoisotopic (exact) mass is 245 g/mol. The van der Waals surface area contributed by atoms with E-state index in [1.165, 1.54) is 4.90 Å². The van der Waals surface area contributed by atoms with Crippen LogP contribution in [0.3, 0.4) is 0 Å². The van der Waals surface area contributed by atoms with Gasteiger partial charge in [-0.15, -0.1) is 11.8 Å². The molecule has 0 spiro atoms. The molecule has 0 fully saturated rings. The minimum absolute atomic E-state index is 0.0434. The lowest BCUT2D eigenvalue weighted by Gasteiger charge is -2.04. The number of thioether (sulfide) groups is 1. The van der Waals surface area contributed by atoms with Crippen molar-refractivity contribution in [1.29, 1.82) is 0 Å². The minimum atomic E-state index is -0.0434. The van der Waals surface area contributed by atoms with Crippen LogP contribution in [0.2, 0.25) is 0 Å². The van der Waals surface area contributed by atoms with Gasteiger partial charge in [-0.3, -0.25) is 0 Å². The zero-order valence-corrected chi connectivity index (χ0v) is 9.36. The number of halogens is 1. The fraction of sp³-hybridized carbons (Fsp3) is 0.333. The highest BCUT2D eigenvalue weighted by Crippen LogP contribution is 2.21. The lowest BCUT2D eigenvalue weighted by molar-refractivity contribution is 1.05. The second-order valence-corrected chi connectivity index (χ2v) is 4.73. The molecule has 2 N–H and O–H groups in total. The highest BCUT2D eigenvalue weighted by Gasteiger charge is 1.99. The third-order valence-electron chi connectivity index (χ3n) is 1.51. The van der Waals surface area contributed by atoms with Gasteiger partial charge in [0.2, 0.25) is 0 Å². The van der Waals surface area contributed by atoms with E-state index < -0.39 is 0 Å². The van der Waals surface area contributed by atoms with Gasteiger partial charge in [-0.25, -0.2) is 0 Å². The van der Waals surface area contributed by atoms with E-state index in [0.717, 1.165) is 11.3 Å². The predicted octanol–water partition coefficient (Wildman–Crippen LogP) is 3.15. The fourth-order valence-corrected chi connectivity index (χ4v) is 1.88. The Morgan fingerprint density at radius 3 is 2.42 bits per heavy atom. The van der Waals surface area contributed by atoms with Crippen molar-refractivity contribution >= 4 is 27.7 Å². The van der Waals surface area contributed by atoms with E-state index in [2.05, 4.69) is 47.1 Å². The molecule has 0 radical (unpaired) electrons. The van der Waals surface area contributed by atoms with E-state index in [1.807, 2.05) is 11.8 Å². The maximum Gasteiger partial charge on any atom is 0.0861 e. The maximum atomic E-state index is 5.65. The van der Waals surface area contributed by atoms with Crippen molar-refractivity contribution in [3.05, 3.63) is 29.8 Å². The molecular formula is C9H12BrNS. The molecule has 1 nitrogen and oxygen atoms in total.